The van der Waals surface area contributed by atoms with Crippen LogP contribution in [0, 0.1) is 5.82 Å². The second-order valence-corrected chi connectivity index (χ2v) is 5.46. The predicted octanol–water partition coefficient (Wildman–Crippen LogP) is 3.00. The molecular weight excluding hydrogens is 355 g/mol. The third-order valence-corrected chi connectivity index (χ3v) is 3.66. The minimum Gasteiger partial charge on any atom is -0.478 e. The molecule has 2 aromatic carbocycles. The number of halogens is 1. The first kappa shape index (κ1) is 17.8. The van der Waals surface area contributed by atoms with Crippen molar-refractivity contribution in [1.82, 2.24) is 9.97 Å². The molecule has 0 radical (unpaired) electrons. The van der Waals surface area contributed by atoms with Crippen molar-refractivity contribution in [2.75, 3.05) is 11.1 Å². The Bertz CT molecular complexity index is 1060. The molecule has 0 bridgehead atoms. The lowest BCUT2D eigenvalue weighted by molar-refractivity contribution is 0.0686. The fourth-order valence-electron chi connectivity index (χ4n) is 2.43. The number of benzene rings is 2. The number of carboxylic acids is 2. The van der Waals surface area contributed by atoms with Crippen LogP contribution in [0.4, 0.5) is 21.8 Å². The van der Waals surface area contributed by atoms with Crippen molar-refractivity contribution in [1.29, 1.82) is 0 Å². The third-order valence-electron chi connectivity index (χ3n) is 3.66. The first-order chi connectivity index (χ1) is 12.9. The number of hydrogen-bond donors (Lipinski definition) is 4. The third kappa shape index (κ3) is 3.66. The Balaban J connectivity index is 2.07. The molecule has 0 aliphatic heterocycles. The lowest BCUT2D eigenvalue weighted by atomic mass is 10.0. The van der Waals surface area contributed by atoms with Gasteiger partial charge in [-0.15, -0.1) is 0 Å². The van der Waals surface area contributed by atoms with E-state index in [2.05, 4.69) is 15.3 Å². The van der Waals surface area contributed by atoms with Gasteiger partial charge < -0.3 is 21.3 Å². The Morgan fingerprint density at radius 2 is 1.74 bits per heavy atom. The average Bonchev–Trinajstić information content (AvgIpc) is 2.64. The number of anilines is 3. The van der Waals surface area contributed by atoms with E-state index in [1.54, 1.807) is 12.1 Å². The molecule has 0 aliphatic rings. The summed E-state index contributed by atoms with van der Waals surface area (Å²) in [6, 6.07) is 11.6. The van der Waals surface area contributed by atoms with E-state index in [0.29, 0.717) is 5.69 Å². The van der Waals surface area contributed by atoms with E-state index in [0.717, 1.165) is 0 Å². The summed E-state index contributed by atoms with van der Waals surface area (Å²) in [5, 5.41) is 21.1. The minimum absolute atomic E-state index is 0.0338. The number of nitrogen functional groups attached to an aromatic ring is 1. The Kier molecular flexibility index (Phi) is 4.67. The van der Waals surface area contributed by atoms with Crippen molar-refractivity contribution >= 4 is 29.4 Å². The lowest BCUT2D eigenvalue weighted by Gasteiger charge is -2.11. The van der Waals surface area contributed by atoms with Crippen LogP contribution >= 0.6 is 0 Å². The maximum atomic E-state index is 14.5. The molecule has 1 heterocycles. The SMILES string of the molecule is Nc1nc(Nc2cccc(C(=O)O)c2)nc(-c2ccccc2C(=O)O)c1F. The number of carbonyl (C=O) groups is 2. The van der Waals surface area contributed by atoms with Crippen LogP contribution in [0.15, 0.2) is 48.5 Å². The van der Waals surface area contributed by atoms with Crippen molar-refractivity contribution < 1.29 is 24.2 Å². The molecule has 0 atom stereocenters. The van der Waals surface area contributed by atoms with Gasteiger partial charge in [0.15, 0.2) is 11.6 Å². The molecule has 136 valence electrons. The van der Waals surface area contributed by atoms with Crippen LogP contribution in [0.3, 0.4) is 0 Å². The van der Waals surface area contributed by atoms with E-state index in [1.807, 2.05) is 0 Å². The highest BCUT2D eigenvalue weighted by Gasteiger charge is 2.19. The van der Waals surface area contributed by atoms with Crippen molar-refractivity contribution in [3.63, 3.8) is 0 Å². The van der Waals surface area contributed by atoms with Gasteiger partial charge in [-0.3, -0.25) is 0 Å². The Morgan fingerprint density at radius 3 is 2.44 bits per heavy atom. The Morgan fingerprint density at radius 1 is 1.00 bits per heavy atom. The number of aromatic carboxylic acids is 2. The van der Waals surface area contributed by atoms with Crippen molar-refractivity contribution in [3.05, 3.63) is 65.5 Å². The molecular formula is C18H13FN4O4. The van der Waals surface area contributed by atoms with Crippen LogP contribution < -0.4 is 11.1 Å². The average molecular weight is 368 g/mol. The van der Waals surface area contributed by atoms with Crippen molar-refractivity contribution in [3.8, 4) is 11.3 Å². The van der Waals surface area contributed by atoms with Gasteiger partial charge in [0.2, 0.25) is 5.95 Å². The van der Waals surface area contributed by atoms with Gasteiger partial charge in [-0.05, 0) is 24.3 Å². The molecule has 3 rings (SSSR count). The first-order valence-electron chi connectivity index (χ1n) is 7.63. The highest BCUT2D eigenvalue weighted by molar-refractivity contribution is 5.95. The van der Waals surface area contributed by atoms with Crippen molar-refractivity contribution in [2.45, 2.75) is 0 Å². The summed E-state index contributed by atoms with van der Waals surface area (Å²) in [5.41, 5.74) is 5.60. The largest absolute Gasteiger partial charge is 0.478 e. The van der Waals surface area contributed by atoms with Crippen LogP contribution in [0.1, 0.15) is 20.7 Å². The first-order valence-corrected chi connectivity index (χ1v) is 7.63. The number of nitrogens with one attached hydrogen (secondary N) is 1. The standard InChI is InChI=1S/C18H13FN4O4/c19-13-14(11-6-1-2-7-12(11)17(26)27)22-18(23-15(13)20)21-10-5-3-4-9(8-10)16(24)25/h1-8H,(H,24,25)(H,26,27)(H3,20,21,22,23). The monoisotopic (exact) mass is 368 g/mol. The van der Waals surface area contributed by atoms with Crippen LogP contribution in [0.2, 0.25) is 0 Å². The fourth-order valence-corrected chi connectivity index (χ4v) is 2.43. The van der Waals surface area contributed by atoms with Gasteiger partial charge in [-0.1, -0.05) is 24.3 Å². The summed E-state index contributed by atoms with van der Waals surface area (Å²) in [4.78, 5) is 30.3. The van der Waals surface area contributed by atoms with Gasteiger partial charge in [-0.2, -0.15) is 4.98 Å². The zero-order chi connectivity index (χ0) is 19.6. The van der Waals surface area contributed by atoms with Gasteiger partial charge >= 0.3 is 11.9 Å². The van der Waals surface area contributed by atoms with Crippen molar-refractivity contribution in [2.24, 2.45) is 0 Å². The minimum atomic E-state index is -1.24. The predicted molar refractivity (Wildman–Crippen MR) is 95.5 cm³/mol. The van der Waals surface area contributed by atoms with Gasteiger partial charge in [0.1, 0.15) is 5.69 Å². The number of aromatic nitrogens is 2. The van der Waals surface area contributed by atoms with Crippen LogP contribution in [-0.4, -0.2) is 32.1 Å². The van der Waals surface area contributed by atoms with E-state index in [-0.39, 0.29) is 28.3 Å². The molecule has 0 amide bonds. The quantitative estimate of drug-likeness (QED) is 0.539. The van der Waals surface area contributed by atoms with Gasteiger partial charge in [0.25, 0.3) is 0 Å². The second-order valence-electron chi connectivity index (χ2n) is 5.46. The highest BCUT2D eigenvalue weighted by Crippen LogP contribution is 2.29. The number of carboxylic acid groups (broad SMARTS) is 2. The number of rotatable bonds is 5. The maximum absolute atomic E-state index is 14.5. The van der Waals surface area contributed by atoms with E-state index in [4.69, 9.17) is 10.8 Å². The van der Waals surface area contributed by atoms with E-state index in [1.165, 1.54) is 36.4 Å². The molecule has 8 nitrogen and oxygen atoms in total. The molecule has 27 heavy (non-hydrogen) atoms. The zero-order valence-corrected chi connectivity index (χ0v) is 13.7. The van der Waals surface area contributed by atoms with Crippen LogP contribution in [-0.2, 0) is 0 Å². The maximum Gasteiger partial charge on any atom is 0.336 e. The summed E-state index contributed by atoms with van der Waals surface area (Å²) >= 11 is 0. The molecule has 0 saturated heterocycles. The topological polar surface area (TPSA) is 138 Å². The van der Waals surface area contributed by atoms with E-state index >= 15 is 0 Å². The molecule has 1 aromatic heterocycles. The summed E-state index contributed by atoms with van der Waals surface area (Å²) in [7, 11) is 0. The highest BCUT2D eigenvalue weighted by atomic mass is 19.1. The van der Waals surface area contributed by atoms with Gasteiger partial charge in [0.05, 0.1) is 11.1 Å². The molecule has 0 aliphatic carbocycles. The molecule has 0 unspecified atom stereocenters. The Hall–Kier alpha value is -4.01. The zero-order valence-electron chi connectivity index (χ0n) is 13.7. The van der Waals surface area contributed by atoms with Gasteiger partial charge in [0, 0.05) is 11.3 Å². The summed E-state index contributed by atoms with van der Waals surface area (Å²) in [5.74, 6) is -3.89. The van der Waals surface area contributed by atoms with Gasteiger partial charge in [-0.25, -0.2) is 19.0 Å². The molecule has 9 heteroatoms. The molecule has 0 saturated carbocycles. The lowest BCUT2D eigenvalue weighted by Crippen LogP contribution is -2.08. The van der Waals surface area contributed by atoms with E-state index in [9.17, 15) is 19.1 Å². The molecule has 5 N–H and O–H groups in total. The Labute approximate surface area is 152 Å². The molecule has 0 fully saturated rings. The second kappa shape index (κ2) is 7.08. The van der Waals surface area contributed by atoms with Crippen LogP contribution in [0.5, 0.6) is 0 Å². The summed E-state index contributed by atoms with van der Waals surface area (Å²) < 4.78 is 14.5. The number of hydrogen-bond acceptors (Lipinski definition) is 6. The number of nitrogens with two attached hydrogens (primary N) is 1. The summed E-state index contributed by atoms with van der Waals surface area (Å²) in [6.45, 7) is 0. The number of nitrogens with zero attached hydrogens (tertiary/aromatic N) is 2. The fraction of sp³-hybridized carbons (Fsp3) is 0. The van der Waals surface area contributed by atoms with E-state index < -0.39 is 23.6 Å². The smallest absolute Gasteiger partial charge is 0.336 e. The van der Waals surface area contributed by atoms with Crippen LogP contribution in [0.25, 0.3) is 11.3 Å². The summed E-state index contributed by atoms with van der Waals surface area (Å²) in [6.07, 6.45) is 0. The normalized spacial score (nSPS) is 10.4. The molecule has 3 aromatic rings. The molecule has 0 spiro atoms.